The Morgan fingerprint density at radius 1 is 1.19 bits per heavy atom. The predicted octanol–water partition coefficient (Wildman–Crippen LogP) is 5.09. The van der Waals surface area contributed by atoms with Crippen LogP contribution in [0.5, 0.6) is 0 Å². The molecule has 27 heavy (non-hydrogen) atoms. The second-order valence-electron chi connectivity index (χ2n) is 6.97. The highest BCUT2D eigenvalue weighted by Gasteiger charge is 2.25. The topological polar surface area (TPSA) is 33.2 Å². The second-order valence-corrected chi connectivity index (χ2v) is 8.26. The number of nitrogens with zero attached hydrogens (tertiary/aromatic N) is 2. The van der Waals surface area contributed by atoms with E-state index >= 15 is 0 Å². The number of hydrogen-bond acceptors (Lipinski definition) is 3. The van der Waals surface area contributed by atoms with Crippen molar-refractivity contribution in [3.63, 3.8) is 0 Å². The van der Waals surface area contributed by atoms with Crippen molar-refractivity contribution in [2.24, 2.45) is 0 Å². The molecule has 3 aromatic rings. The molecule has 5 heteroatoms. The van der Waals surface area contributed by atoms with Crippen LogP contribution in [0.25, 0.3) is 11.3 Å². The summed E-state index contributed by atoms with van der Waals surface area (Å²) in [6.07, 6.45) is 1.98. The summed E-state index contributed by atoms with van der Waals surface area (Å²) in [4.78, 5) is 20.5. The minimum atomic E-state index is -0.247. The lowest BCUT2D eigenvalue weighted by Crippen LogP contribution is -2.36. The molecule has 0 atom stereocenters. The molecule has 0 saturated carbocycles. The number of carbonyl (C=O) groups excluding carboxylic acids is 1. The molecule has 4 rings (SSSR count). The van der Waals surface area contributed by atoms with Crippen LogP contribution < -0.4 is 4.90 Å². The van der Waals surface area contributed by atoms with E-state index in [2.05, 4.69) is 36.2 Å². The smallest absolute Gasteiger partial charge is 0.232 e. The summed E-state index contributed by atoms with van der Waals surface area (Å²) in [5, 5.41) is 0.953. The molecule has 0 fully saturated rings. The zero-order valence-corrected chi connectivity index (χ0v) is 16.3. The normalized spacial score (nSPS) is 13.5. The minimum Gasteiger partial charge on any atom is -0.312 e. The largest absolute Gasteiger partial charge is 0.312 e. The first kappa shape index (κ1) is 17.9. The van der Waals surface area contributed by atoms with Gasteiger partial charge in [0.1, 0.15) is 5.82 Å². The van der Waals surface area contributed by atoms with Crippen molar-refractivity contribution >= 4 is 22.9 Å². The van der Waals surface area contributed by atoms with Crippen LogP contribution >= 0.6 is 11.3 Å². The summed E-state index contributed by atoms with van der Waals surface area (Å²) in [7, 11) is 0. The number of amides is 1. The van der Waals surface area contributed by atoms with E-state index in [4.69, 9.17) is 0 Å². The van der Waals surface area contributed by atoms with Gasteiger partial charge < -0.3 is 4.90 Å². The SMILES string of the molecule is Cc1ccc(-c2nc(C)sc2CC(=O)N2CCCc3cc(F)ccc32)cc1. The van der Waals surface area contributed by atoms with Crippen molar-refractivity contribution in [2.45, 2.75) is 33.1 Å². The Bertz CT molecular complexity index is 994. The third-order valence-corrected chi connectivity index (χ3v) is 5.87. The quantitative estimate of drug-likeness (QED) is 0.634. The van der Waals surface area contributed by atoms with E-state index in [9.17, 15) is 9.18 Å². The van der Waals surface area contributed by atoms with Crippen LogP contribution in [0.3, 0.4) is 0 Å². The Morgan fingerprint density at radius 2 is 1.96 bits per heavy atom. The van der Waals surface area contributed by atoms with E-state index in [1.165, 1.54) is 11.6 Å². The Morgan fingerprint density at radius 3 is 2.74 bits per heavy atom. The molecule has 0 bridgehead atoms. The third-order valence-electron chi connectivity index (χ3n) is 4.90. The first-order chi connectivity index (χ1) is 13.0. The number of carbonyl (C=O) groups is 1. The molecule has 0 unspecified atom stereocenters. The standard InChI is InChI=1S/C22H21FN2OS/c1-14-5-7-16(8-6-14)22-20(27-15(2)24-22)13-21(26)25-11-3-4-17-12-18(23)9-10-19(17)25/h5-10,12H,3-4,11,13H2,1-2H3. The molecule has 2 heterocycles. The van der Waals surface area contributed by atoms with Crippen LogP contribution in [0.15, 0.2) is 42.5 Å². The van der Waals surface area contributed by atoms with Gasteiger partial charge in [0, 0.05) is 22.7 Å². The molecule has 3 nitrogen and oxygen atoms in total. The van der Waals surface area contributed by atoms with Gasteiger partial charge in [-0.25, -0.2) is 9.37 Å². The summed E-state index contributed by atoms with van der Waals surface area (Å²) in [5.41, 5.74) is 4.87. The molecule has 1 aliphatic rings. The number of halogens is 1. The number of hydrogen-bond donors (Lipinski definition) is 0. The highest BCUT2D eigenvalue weighted by atomic mass is 32.1. The molecular formula is C22H21FN2OS. The van der Waals surface area contributed by atoms with E-state index in [1.807, 2.05) is 6.92 Å². The molecule has 0 N–H and O–H groups in total. The molecule has 2 aromatic carbocycles. The highest BCUT2D eigenvalue weighted by Crippen LogP contribution is 2.32. The van der Waals surface area contributed by atoms with Gasteiger partial charge in [0.15, 0.2) is 0 Å². The lowest BCUT2D eigenvalue weighted by Gasteiger charge is -2.29. The van der Waals surface area contributed by atoms with Gasteiger partial charge >= 0.3 is 0 Å². The molecule has 1 amide bonds. The summed E-state index contributed by atoms with van der Waals surface area (Å²) >= 11 is 1.57. The number of benzene rings is 2. The first-order valence-corrected chi connectivity index (χ1v) is 9.95. The van der Waals surface area contributed by atoms with Crippen molar-refractivity contribution in [3.8, 4) is 11.3 Å². The molecule has 0 radical (unpaired) electrons. The average molecular weight is 380 g/mol. The number of aromatic nitrogens is 1. The summed E-state index contributed by atoms with van der Waals surface area (Å²) in [6, 6.07) is 12.9. The van der Waals surface area contributed by atoms with Crippen molar-refractivity contribution in [1.82, 2.24) is 4.98 Å². The number of thiazole rings is 1. The zero-order valence-electron chi connectivity index (χ0n) is 15.5. The van der Waals surface area contributed by atoms with Gasteiger partial charge in [0.05, 0.1) is 17.1 Å². The predicted molar refractivity (Wildman–Crippen MR) is 108 cm³/mol. The fourth-order valence-corrected chi connectivity index (χ4v) is 4.53. The Kier molecular flexibility index (Phi) is 4.79. The number of rotatable bonds is 3. The number of anilines is 1. The van der Waals surface area contributed by atoms with Gasteiger partial charge in [-0.2, -0.15) is 0 Å². The van der Waals surface area contributed by atoms with Crippen LogP contribution in [-0.4, -0.2) is 17.4 Å². The fraction of sp³-hybridized carbons (Fsp3) is 0.273. The van der Waals surface area contributed by atoms with Gasteiger partial charge in [0.25, 0.3) is 0 Å². The minimum absolute atomic E-state index is 0.0413. The lowest BCUT2D eigenvalue weighted by molar-refractivity contribution is -0.118. The summed E-state index contributed by atoms with van der Waals surface area (Å²) in [5.74, 6) is -0.206. The van der Waals surface area contributed by atoms with E-state index < -0.39 is 0 Å². The molecule has 1 aliphatic heterocycles. The molecule has 0 saturated heterocycles. The number of aryl methyl sites for hydroxylation is 3. The Labute approximate surface area is 162 Å². The van der Waals surface area contributed by atoms with Gasteiger partial charge in [0.2, 0.25) is 5.91 Å². The van der Waals surface area contributed by atoms with Gasteiger partial charge in [-0.15, -0.1) is 11.3 Å². The van der Waals surface area contributed by atoms with Crippen molar-refractivity contribution in [2.75, 3.05) is 11.4 Å². The molecule has 0 aliphatic carbocycles. The zero-order chi connectivity index (χ0) is 19.0. The number of fused-ring (bicyclic) bond motifs is 1. The van der Waals surface area contributed by atoms with Gasteiger partial charge in [-0.05, 0) is 50.5 Å². The maximum absolute atomic E-state index is 13.5. The second kappa shape index (κ2) is 7.24. The first-order valence-electron chi connectivity index (χ1n) is 9.13. The average Bonchev–Trinajstić information content (AvgIpc) is 3.01. The highest BCUT2D eigenvalue weighted by molar-refractivity contribution is 7.12. The van der Waals surface area contributed by atoms with Gasteiger partial charge in [-0.3, -0.25) is 4.79 Å². The van der Waals surface area contributed by atoms with Crippen molar-refractivity contribution in [3.05, 3.63) is 69.3 Å². The molecular weight excluding hydrogens is 359 g/mol. The van der Waals surface area contributed by atoms with E-state index in [0.29, 0.717) is 13.0 Å². The van der Waals surface area contributed by atoms with Crippen LogP contribution in [-0.2, 0) is 17.6 Å². The molecule has 0 spiro atoms. The van der Waals surface area contributed by atoms with E-state index in [0.717, 1.165) is 45.2 Å². The summed E-state index contributed by atoms with van der Waals surface area (Å²) in [6.45, 7) is 4.70. The van der Waals surface area contributed by atoms with E-state index in [1.54, 1.807) is 28.4 Å². The Balaban J connectivity index is 1.62. The Hall–Kier alpha value is -2.53. The monoisotopic (exact) mass is 380 g/mol. The van der Waals surface area contributed by atoms with Gasteiger partial charge in [-0.1, -0.05) is 29.8 Å². The van der Waals surface area contributed by atoms with Crippen LogP contribution in [0, 0.1) is 19.7 Å². The third kappa shape index (κ3) is 3.65. The lowest BCUT2D eigenvalue weighted by atomic mass is 10.0. The maximum Gasteiger partial charge on any atom is 0.232 e. The van der Waals surface area contributed by atoms with Crippen LogP contribution in [0.1, 0.15) is 27.4 Å². The van der Waals surface area contributed by atoms with Crippen LogP contribution in [0.4, 0.5) is 10.1 Å². The van der Waals surface area contributed by atoms with E-state index in [-0.39, 0.29) is 11.7 Å². The molecule has 1 aromatic heterocycles. The van der Waals surface area contributed by atoms with Crippen LogP contribution in [0.2, 0.25) is 0 Å². The fourth-order valence-electron chi connectivity index (χ4n) is 3.58. The summed E-state index contributed by atoms with van der Waals surface area (Å²) < 4.78 is 13.5. The van der Waals surface area contributed by atoms with Crippen molar-refractivity contribution in [1.29, 1.82) is 0 Å². The molecule has 138 valence electrons. The maximum atomic E-state index is 13.5. The van der Waals surface area contributed by atoms with Crippen molar-refractivity contribution < 1.29 is 9.18 Å².